The Morgan fingerprint density at radius 3 is 2.33 bits per heavy atom. The lowest BCUT2D eigenvalue weighted by Gasteiger charge is -2.56. The van der Waals surface area contributed by atoms with Gasteiger partial charge >= 0.3 is 5.97 Å². The zero-order chi connectivity index (χ0) is 28.8. The smallest absolute Gasteiger partial charge is 0.354 e. The highest BCUT2D eigenvalue weighted by Gasteiger charge is 2.69. The Morgan fingerprint density at radius 1 is 1.21 bits per heavy atom. The molecule has 0 aliphatic carbocycles. The summed E-state index contributed by atoms with van der Waals surface area (Å²) in [6.07, 6.45) is 0.540. The van der Waals surface area contributed by atoms with Crippen LogP contribution in [0.3, 0.4) is 0 Å². The van der Waals surface area contributed by atoms with Gasteiger partial charge in [-0.05, 0) is 42.2 Å². The van der Waals surface area contributed by atoms with Gasteiger partial charge in [0, 0.05) is 23.4 Å². The number of β-lactam (4-membered cyclic amide) rings is 1. The maximum atomic E-state index is 13.9. The molecule has 11 heteroatoms. The molecule has 2 aliphatic rings. The Kier molecular flexibility index (Phi) is 8.10. The first-order chi connectivity index (χ1) is 18.2. The number of carboxylic acids is 1. The number of nitrogens with zero attached hydrogens (tertiary/aromatic N) is 2. The minimum absolute atomic E-state index is 0.0146. The number of thioether (sulfide) groups is 2. The fraction of sp³-hybridized carbons (Fsp3) is 0.429. The average molecular weight is 587 g/mol. The molecule has 0 radical (unpaired) electrons. The molecule has 208 valence electrons. The summed E-state index contributed by atoms with van der Waals surface area (Å²) in [7, 11) is -2.26. The van der Waals surface area contributed by atoms with Crippen LogP contribution in [0.4, 0.5) is 5.69 Å². The predicted molar refractivity (Wildman–Crippen MR) is 157 cm³/mol. The van der Waals surface area contributed by atoms with Crippen LogP contribution < -0.4 is 0 Å². The average Bonchev–Trinajstić information content (AvgIpc) is 3.13. The van der Waals surface area contributed by atoms with Crippen molar-refractivity contribution in [1.29, 1.82) is 0 Å². The Morgan fingerprint density at radius 2 is 1.82 bits per heavy atom. The third kappa shape index (κ3) is 5.41. The summed E-state index contributed by atoms with van der Waals surface area (Å²) in [5, 5.41) is 21.4. The van der Waals surface area contributed by atoms with Gasteiger partial charge in [-0.1, -0.05) is 81.6 Å². The molecule has 3 atom stereocenters. The number of fused-ring (bicyclic) bond motifs is 1. The number of carbonyl (C=O) groups is 2. The molecule has 0 spiro atoms. The van der Waals surface area contributed by atoms with Crippen LogP contribution in [0.1, 0.15) is 39.7 Å². The molecule has 1 amide bonds. The zero-order valence-electron chi connectivity index (χ0n) is 23.0. The van der Waals surface area contributed by atoms with Gasteiger partial charge in [0.05, 0.1) is 21.2 Å². The minimum Gasteiger partial charge on any atom is -0.477 e. The van der Waals surface area contributed by atoms with E-state index in [0.29, 0.717) is 17.1 Å². The molecule has 1 saturated heterocycles. The number of hydrogen-bond acceptors (Lipinski definition) is 7. The first kappa shape index (κ1) is 29.4. The van der Waals surface area contributed by atoms with E-state index in [4.69, 9.17) is 4.43 Å². The van der Waals surface area contributed by atoms with Gasteiger partial charge in [0.15, 0.2) is 14.0 Å². The number of nitro groups is 1. The molecule has 0 unspecified atom stereocenters. The number of amides is 1. The lowest BCUT2D eigenvalue weighted by Crippen LogP contribution is -2.72. The number of non-ortho nitro benzene ring substituents is 1. The van der Waals surface area contributed by atoms with E-state index in [1.807, 2.05) is 37.3 Å². The van der Waals surface area contributed by atoms with E-state index >= 15 is 0 Å². The Hall–Kier alpha value is -2.60. The second-order valence-electron chi connectivity index (χ2n) is 11.4. The lowest BCUT2D eigenvalue weighted by molar-refractivity contribution is -0.384. The molecule has 1 fully saturated rings. The number of aliphatic carboxylic acids is 1. The second-order valence-corrected chi connectivity index (χ2v) is 18.8. The number of benzene rings is 2. The predicted octanol–water partition coefficient (Wildman–Crippen LogP) is 6.89. The van der Waals surface area contributed by atoms with Crippen molar-refractivity contribution in [1.82, 2.24) is 4.90 Å². The number of hydrogen-bond donors (Lipinski definition) is 1. The van der Waals surface area contributed by atoms with E-state index in [-0.39, 0.29) is 22.3 Å². The molecule has 8 nitrogen and oxygen atoms in total. The van der Waals surface area contributed by atoms with E-state index in [2.05, 4.69) is 33.9 Å². The highest BCUT2D eigenvalue weighted by Crippen LogP contribution is 2.64. The topological polar surface area (TPSA) is 110 Å². The maximum Gasteiger partial charge on any atom is 0.354 e. The third-order valence-electron chi connectivity index (χ3n) is 7.82. The second kappa shape index (κ2) is 10.8. The number of carboxylic acid groups (broad SMARTS) is 1. The van der Waals surface area contributed by atoms with Crippen LogP contribution in [0.5, 0.6) is 0 Å². The zero-order valence-corrected chi connectivity index (χ0v) is 25.6. The molecule has 39 heavy (non-hydrogen) atoms. The summed E-state index contributed by atoms with van der Waals surface area (Å²) in [5.41, 5.74) is 0.749. The number of carbonyl (C=O) groups excluding carboxylic acids is 1. The normalized spacial score (nSPS) is 21.9. The van der Waals surface area contributed by atoms with E-state index in [1.54, 1.807) is 12.1 Å². The molecule has 2 aromatic carbocycles. The van der Waals surface area contributed by atoms with Gasteiger partial charge in [-0.25, -0.2) is 4.79 Å². The van der Waals surface area contributed by atoms with Gasteiger partial charge in [-0.3, -0.25) is 19.8 Å². The van der Waals surface area contributed by atoms with Gasteiger partial charge in [0.25, 0.3) is 5.69 Å². The van der Waals surface area contributed by atoms with Gasteiger partial charge < -0.3 is 9.53 Å². The van der Waals surface area contributed by atoms with Gasteiger partial charge in [0.1, 0.15) is 4.87 Å². The Bertz CT molecular complexity index is 1310. The largest absolute Gasteiger partial charge is 0.477 e. The minimum atomic E-state index is -2.26. The molecule has 2 heterocycles. The molecule has 0 aromatic heterocycles. The van der Waals surface area contributed by atoms with Gasteiger partial charge in [-0.2, -0.15) is 0 Å². The van der Waals surface area contributed by atoms with Crippen LogP contribution in [-0.4, -0.2) is 46.1 Å². The van der Waals surface area contributed by atoms with Crippen molar-refractivity contribution in [2.45, 2.75) is 74.5 Å². The van der Waals surface area contributed by atoms with Gasteiger partial charge in [0.2, 0.25) is 5.91 Å². The van der Waals surface area contributed by atoms with Crippen molar-refractivity contribution in [2.75, 3.05) is 0 Å². The first-order valence-electron chi connectivity index (χ1n) is 12.9. The van der Waals surface area contributed by atoms with Crippen LogP contribution in [-0.2, 0) is 20.4 Å². The van der Waals surface area contributed by atoms with Crippen LogP contribution >= 0.6 is 23.5 Å². The van der Waals surface area contributed by atoms with Crippen LogP contribution in [0.15, 0.2) is 69.4 Å². The highest BCUT2D eigenvalue weighted by atomic mass is 32.2. The fourth-order valence-electron chi connectivity index (χ4n) is 4.79. The van der Waals surface area contributed by atoms with Crippen molar-refractivity contribution < 1.29 is 24.0 Å². The van der Waals surface area contributed by atoms with Crippen LogP contribution in [0, 0.1) is 16.0 Å². The number of nitro benzene ring substituents is 1. The number of rotatable bonds is 10. The van der Waals surface area contributed by atoms with E-state index in [1.165, 1.54) is 40.6 Å². The van der Waals surface area contributed by atoms with Crippen molar-refractivity contribution >= 4 is 49.4 Å². The molecular formula is C28H34N2O6S2Si. The van der Waals surface area contributed by atoms with Crippen LogP contribution in [0.2, 0.25) is 18.1 Å². The summed E-state index contributed by atoms with van der Waals surface area (Å²) < 4.78 is 7.36. The first-order valence-corrected chi connectivity index (χ1v) is 17.4. The lowest BCUT2D eigenvalue weighted by atomic mass is 9.77. The van der Waals surface area contributed by atoms with E-state index in [0.717, 1.165) is 10.5 Å². The van der Waals surface area contributed by atoms with Crippen molar-refractivity contribution in [3.63, 3.8) is 0 Å². The summed E-state index contributed by atoms with van der Waals surface area (Å²) in [6, 6.07) is 15.7. The van der Waals surface area contributed by atoms with E-state index < -0.39 is 36.1 Å². The van der Waals surface area contributed by atoms with Crippen molar-refractivity contribution in [2.24, 2.45) is 5.92 Å². The quantitative estimate of drug-likeness (QED) is 0.139. The molecule has 1 N–H and O–H groups in total. The molecule has 4 rings (SSSR count). The molecule has 0 saturated carbocycles. The molecule has 2 aromatic rings. The summed E-state index contributed by atoms with van der Waals surface area (Å²) >= 11 is 2.74. The van der Waals surface area contributed by atoms with Crippen LogP contribution in [0.25, 0.3) is 0 Å². The van der Waals surface area contributed by atoms with Crippen molar-refractivity contribution in [3.05, 3.63) is 80.2 Å². The fourth-order valence-corrected chi connectivity index (χ4v) is 9.36. The maximum absolute atomic E-state index is 13.9. The highest BCUT2D eigenvalue weighted by molar-refractivity contribution is 8.23. The van der Waals surface area contributed by atoms with E-state index in [9.17, 15) is 24.8 Å². The van der Waals surface area contributed by atoms with Crippen molar-refractivity contribution in [3.8, 4) is 0 Å². The SMILES string of the molecule is CC[C@H](O[Si](C)(C)C(C)(C)C)[C@@H]1C(=O)N2C(C(=O)O)=C(Sc3ccccc3)S[C@]12Cc1ccc([N+](=O)[O-])cc1. The van der Waals surface area contributed by atoms with Gasteiger partial charge in [-0.15, -0.1) is 0 Å². The monoisotopic (exact) mass is 586 g/mol. The standard InChI is InChI=1S/C28H34N2O6S2Si/c1-7-21(36-39(5,6)27(2,3)4)22-24(31)29-23(25(32)33)26(37-20-11-9-8-10-12-20)38-28(22,29)17-18-13-15-19(16-14-18)30(34)35/h8-16,21-22H,7,17H2,1-6H3,(H,32,33)/t21-,22+,28+/m0/s1. The summed E-state index contributed by atoms with van der Waals surface area (Å²) in [4.78, 5) is 38.6. The Labute approximate surface area is 238 Å². The summed E-state index contributed by atoms with van der Waals surface area (Å²) in [5.74, 6) is -1.98. The molecule has 0 bridgehead atoms. The summed E-state index contributed by atoms with van der Waals surface area (Å²) in [6.45, 7) is 12.7. The Balaban J connectivity index is 1.78. The molecular weight excluding hydrogens is 553 g/mol. The third-order valence-corrected chi connectivity index (χ3v) is 15.0. The molecule has 2 aliphatic heterocycles.